The number of fused-ring (bicyclic) bond motifs is 1. The van der Waals surface area contributed by atoms with Crippen molar-refractivity contribution in [3.8, 4) is 0 Å². The van der Waals surface area contributed by atoms with Crippen molar-refractivity contribution in [2.24, 2.45) is 0 Å². The average molecular weight is 310 g/mol. The Morgan fingerprint density at radius 3 is 2.62 bits per heavy atom. The molecular formula is C15H22N2O3S. The molecule has 1 amide bonds. The number of hydrogen-bond donors (Lipinski definition) is 2. The van der Waals surface area contributed by atoms with Gasteiger partial charge in [0.05, 0.1) is 17.2 Å². The van der Waals surface area contributed by atoms with Gasteiger partial charge in [0, 0.05) is 11.9 Å². The predicted octanol–water partition coefficient (Wildman–Crippen LogP) is 1.66. The molecule has 1 unspecified atom stereocenters. The Labute approximate surface area is 126 Å². The number of nitrogens with one attached hydrogen (secondary N) is 2. The largest absolute Gasteiger partial charge is 0.326 e. The van der Waals surface area contributed by atoms with E-state index in [2.05, 4.69) is 10.6 Å². The summed E-state index contributed by atoms with van der Waals surface area (Å²) in [6.45, 7) is 6.07. The van der Waals surface area contributed by atoms with Crippen molar-refractivity contribution >= 4 is 21.4 Å². The van der Waals surface area contributed by atoms with Gasteiger partial charge in [-0.05, 0) is 37.6 Å². The number of carbonyl (C=O) groups excluding carboxylic acids is 1. The molecule has 1 aromatic carbocycles. The van der Waals surface area contributed by atoms with Crippen molar-refractivity contribution in [1.82, 2.24) is 5.32 Å². The molecule has 0 aliphatic carbocycles. The van der Waals surface area contributed by atoms with Crippen LogP contribution >= 0.6 is 0 Å². The topological polar surface area (TPSA) is 75.3 Å². The highest BCUT2D eigenvalue weighted by molar-refractivity contribution is 7.92. The summed E-state index contributed by atoms with van der Waals surface area (Å²) < 4.78 is 23.3. The van der Waals surface area contributed by atoms with Crippen LogP contribution in [0.4, 0.5) is 5.69 Å². The molecule has 1 aliphatic rings. The van der Waals surface area contributed by atoms with Crippen LogP contribution in [0.5, 0.6) is 0 Å². The van der Waals surface area contributed by atoms with E-state index >= 15 is 0 Å². The average Bonchev–Trinajstić information content (AvgIpc) is 2.73. The van der Waals surface area contributed by atoms with Crippen LogP contribution in [0, 0.1) is 0 Å². The van der Waals surface area contributed by atoms with E-state index in [4.69, 9.17) is 0 Å². The van der Waals surface area contributed by atoms with Crippen LogP contribution in [0.25, 0.3) is 0 Å². The fourth-order valence-electron chi connectivity index (χ4n) is 2.61. The van der Waals surface area contributed by atoms with Crippen LogP contribution < -0.4 is 10.6 Å². The first-order valence-electron chi connectivity index (χ1n) is 7.02. The van der Waals surface area contributed by atoms with Crippen LogP contribution in [0.1, 0.15) is 37.9 Å². The monoisotopic (exact) mass is 310 g/mol. The van der Waals surface area contributed by atoms with Crippen molar-refractivity contribution in [2.45, 2.75) is 38.0 Å². The molecule has 0 bridgehead atoms. The molecule has 5 nitrogen and oxygen atoms in total. The van der Waals surface area contributed by atoms with Crippen molar-refractivity contribution in [3.63, 3.8) is 0 Å². The van der Waals surface area contributed by atoms with Crippen molar-refractivity contribution in [1.29, 1.82) is 0 Å². The maximum Gasteiger partial charge on any atom is 0.228 e. The van der Waals surface area contributed by atoms with Crippen LogP contribution in [-0.2, 0) is 21.1 Å². The molecule has 0 saturated carbocycles. The van der Waals surface area contributed by atoms with Gasteiger partial charge < -0.3 is 10.6 Å². The molecule has 0 fully saturated rings. The number of rotatable bonds is 5. The Morgan fingerprint density at radius 1 is 1.38 bits per heavy atom. The molecular weight excluding hydrogens is 288 g/mol. The van der Waals surface area contributed by atoms with Crippen LogP contribution in [0.2, 0.25) is 0 Å². The van der Waals surface area contributed by atoms with Gasteiger partial charge >= 0.3 is 0 Å². The first-order valence-corrected chi connectivity index (χ1v) is 8.91. The standard InChI is InChI=1S/C15H22N2O3S/c1-5-16-14(15(2,3)21(4,19)20)10-6-7-12-11(8-10)9-13(18)17-12/h6-8,14,16H,5,9H2,1-4H3,(H,17,18). The zero-order valence-corrected chi connectivity index (χ0v) is 13.7. The molecule has 6 heteroatoms. The summed E-state index contributed by atoms with van der Waals surface area (Å²) in [5.41, 5.74) is 2.63. The highest BCUT2D eigenvalue weighted by atomic mass is 32.2. The summed E-state index contributed by atoms with van der Waals surface area (Å²) in [5.74, 6) is -0.0236. The number of anilines is 1. The second-order valence-corrected chi connectivity index (χ2v) is 8.60. The van der Waals surface area contributed by atoms with Gasteiger partial charge in [-0.1, -0.05) is 19.1 Å². The molecule has 2 rings (SSSR count). The minimum absolute atomic E-state index is 0.0236. The maximum absolute atomic E-state index is 12.1. The zero-order valence-electron chi connectivity index (χ0n) is 12.9. The van der Waals surface area contributed by atoms with E-state index in [1.807, 2.05) is 25.1 Å². The lowest BCUT2D eigenvalue weighted by Crippen LogP contribution is -2.45. The Hall–Kier alpha value is -1.40. The molecule has 0 aromatic heterocycles. The number of sulfone groups is 1. The van der Waals surface area contributed by atoms with Gasteiger partial charge in [-0.15, -0.1) is 0 Å². The molecule has 0 radical (unpaired) electrons. The number of hydrogen-bond acceptors (Lipinski definition) is 4. The highest BCUT2D eigenvalue weighted by Gasteiger charge is 2.39. The van der Waals surface area contributed by atoms with Crippen LogP contribution in [0.15, 0.2) is 18.2 Å². The lowest BCUT2D eigenvalue weighted by molar-refractivity contribution is -0.115. The van der Waals surface area contributed by atoms with Gasteiger partial charge in [-0.2, -0.15) is 0 Å². The van der Waals surface area contributed by atoms with Gasteiger partial charge in [-0.3, -0.25) is 4.79 Å². The first kappa shape index (κ1) is 16.0. The third-order valence-corrected chi connectivity index (χ3v) is 6.29. The second kappa shape index (κ2) is 5.42. The maximum atomic E-state index is 12.1. The summed E-state index contributed by atoms with van der Waals surface area (Å²) in [6, 6.07) is 5.33. The Kier molecular flexibility index (Phi) is 4.13. The third-order valence-electron chi connectivity index (χ3n) is 4.15. The number of benzene rings is 1. The summed E-state index contributed by atoms with van der Waals surface area (Å²) >= 11 is 0. The van der Waals surface area contributed by atoms with Crippen LogP contribution in [-0.4, -0.2) is 31.9 Å². The SMILES string of the molecule is CCNC(c1ccc2c(c1)CC(=O)N2)C(C)(C)S(C)(=O)=O. The molecule has 1 heterocycles. The minimum atomic E-state index is -3.24. The molecule has 0 spiro atoms. The smallest absolute Gasteiger partial charge is 0.228 e. The fourth-order valence-corrected chi connectivity index (χ4v) is 3.26. The first-order chi connectivity index (χ1) is 9.66. The van der Waals surface area contributed by atoms with E-state index in [0.717, 1.165) is 16.8 Å². The van der Waals surface area contributed by atoms with Crippen LogP contribution in [0.3, 0.4) is 0 Å². The van der Waals surface area contributed by atoms with E-state index in [-0.39, 0.29) is 11.9 Å². The van der Waals surface area contributed by atoms with E-state index < -0.39 is 14.6 Å². The molecule has 2 N–H and O–H groups in total. The van der Waals surface area contributed by atoms with Gasteiger partial charge in [0.25, 0.3) is 0 Å². The molecule has 1 aliphatic heterocycles. The lowest BCUT2D eigenvalue weighted by atomic mass is 9.93. The second-order valence-electron chi connectivity index (χ2n) is 6.01. The number of amides is 1. The van der Waals surface area contributed by atoms with E-state index in [1.165, 1.54) is 6.26 Å². The molecule has 1 aromatic rings. The summed E-state index contributed by atoms with van der Waals surface area (Å²) in [5, 5.41) is 6.05. The van der Waals surface area contributed by atoms with E-state index in [0.29, 0.717) is 13.0 Å². The Morgan fingerprint density at radius 2 is 2.05 bits per heavy atom. The van der Waals surface area contributed by atoms with E-state index in [1.54, 1.807) is 13.8 Å². The summed E-state index contributed by atoms with van der Waals surface area (Å²) in [6.07, 6.45) is 1.61. The minimum Gasteiger partial charge on any atom is -0.326 e. The third kappa shape index (κ3) is 2.96. The van der Waals surface area contributed by atoms with Gasteiger partial charge in [0.2, 0.25) is 5.91 Å². The predicted molar refractivity (Wildman–Crippen MR) is 84.1 cm³/mol. The molecule has 116 valence electrons. The van der Waals surface area contributed by atoms with Gasteiger partial charge in [0.15, 0.2) is 9.84 Å². The Bertz CT molecular complexity index is 665. The van der Waals surface area contributed by atoms with Crippen molar-refractivity contribution in [3.05, 3.63) is 29.3 Å². The summed E-state index contributed by atoms with van der Waals surface area (Å²) in [4.78, 5) is 11.4. The van der Waals surface area contributed by atoms with Gasteiger partial charge in [-0.25, -0.2) is 8.42 Å². The molecule has 0 saturated heterocycles. The summed E-state index contributed by atoms with van der Waals surface area (Å²) in [7, 11) is -3.24. The highest BCUT2D eigenvalue weighted by Crippen LogP contribution is 2.35. The fraction of sp³-hybridized carbons (Fsp3) is 0.533. The van der Waals surface area contributed by atoms with Gasteiger partial charge in [0.1, 0.15) is 0 Å². The normalized spacial score (nSPS) is 16.5. The molecule has 21 heavy (non-hydrogen) atoms. The van der Waals surface area contributed by atoms with Crippen molar-refractivity contribution in [2.75, 3.05) is 18.1 Å². The Balaban J connectivity index is 2.45. The quantitative estimate of drug-likeness (QED) is 0.867. The molecule has 1 atom stereocenters. The zero-order chi connectivity index (χ0) is 15.8. The van der Waals surface area contributed by atoms with E-state index in [9.17, 15) is 13.2 Å². The lowest BCUT2D eigenvalue weighted by Gasteiger charge is -2.34. The van der Waals surface area contributed by atoms with Crippen molar-refractivity contribution < 1.29 is 13.2 Å². The number of carbonyl (C=O) groups is 1.